The third-order valence-corrected chi connectivity index (χ3v) is 4.49. The molecule has 0 aromatic rings. The van der Waals surface area contributed by atoms with Gasteiger partial charge in [0.2, 0.25) is 5.91 Å². The van der Waals surface area contributed by atoms with Gasteiger partial charge in [-0.25, -0.2) is 0 Å². The van der Waals surface area contributed by atoms with E-state index in [1.165, 1.54) is 12.8 Å². The van der Waals surface area contributed by atoms with E-state index < -0.39 is 0 Å². The SMILES string of the molecule is NCC1(C(=O)N(CCO)C2CC2)CCCCCC1. The summed E-state index contributed by atoms with van der Waals surface area (Å²) in [6.45, 7) is 0.995. The molecule has 1 amide bonds. The molecular weight excluding hydrogens is 228 g/mol. The van der Waals surface area contributed by atoms with Crippen molar-refractivity contribution in [2.45, 2.75) is 57.4 Å². The van der Waals surface area contributed by atoms with Crippen LogP contribution < -0.4 is 5.73 Å². The zero-order valence-corrected chi connectivity index (χ0v) is 11.2. The van der Waals surface area contributed by atoms with Gasteiger partial charge in [-0.05, 0) is 25.7 Å². The molecule has 2 aliphatic rings. The van der Waals surface area contributed by atoms with Crippen molar-refractivity contribution in [1.82, 2.24) is 4.90 Å². The van der Waals surface area contributed by atoms with Crippen LogP contribution >= 0.6 is 0 Å². The van der Waals surface area contributed by atoms with Gasteiger partial charge in [0.25, 0.3) is 0 Å². The third-order valence-electron chi connectivity index (χ3n) is 4.49. The molecule has 2 aliphatic carbocycles. The van der Waals surface area contributed by atoms with Crippen LogP contribution in [0.2, 0.25) is 0 Å². The van der Waals surface area contributed by atoms with E-state index in [0.29, 0.717) is 19.1 Å². The standard InChI is InChI=1S/C14H26N2O2/c15-11-14(7-3-1-2-4-8-14)13(18)16(9-10-17)12-5-6-12/h12,17H,1-11,15H2. The average molecular weight is 254 g/mol. The van der Waals surface area contributed by atoms with E-state index in [-0.39, 0.29) is 17.9 Å². The molecule has 0 aromatic carbocycles. The summed E-state index contributed by atoms with van der Waals surface area (Å²) in [7, 11) is 0. The van der Waals surface area contributed by atoms with E-state index in [9.17, 15) is 4.79 Å². The Hall–Kier alpha value is -0.610. The minimum atomic E-state index is -0.339. The molecule has 2 fully saturated rings. The Bertz CT molecular complexity index is 282. The van der Waals surface area contributed by atoms with Gasteiger partial charge in [0.05, 0.1) is 12.0 Å². The molecule has 104 valence electrons. The largest absolute Gasteiger partial charge is 0.395 e. The van der Waals surface area contributed by atoms with Crippen LogP contribution in [0.25, 0.3) is 0 Å². The summed E-state index contributed by atoms with van der Waals surface area (Å²) in [5.74, 6) is 0.212. The van der Waals surface area contributed by atoms with Crippen LogP contribution in [-0.2, 0) is 4.79 Å². The van der Waals surface area contributed by atoms with Crippen molar-refractivity contribution in [2.75, 3.05) is 19.7 Å². The quantitative estimate of drug-likeness (QED) is 0.726. The summed E-state index contributed by atoms with van der Waals surface area (Å²) < 4.78 is 0. The highest BCUT2D eigenvalue weighted by molar-refractivity contribution is 5.83. The summed E-state index contributed by atoms with van der Waals surface area (Å²) in [4.78, 5) is 14.7. The van der Waals surface area contributed by atoms with E-state index >= 15 is 0 Å². The van der Waals surface area contributed by atoms with Crippen molar-refractivity contribution in [3.63, 3.8) is 0 Å². The molecule has 0 atom stereocenters. The maximum atomic E-state index is 12.8. The summed E-state index contributed by atoms with van der Waals surface area (Å²) in [6.07, 6.45) is 8.70. The van der Waals surface area contributed by atoms with E-state index in [4.69, 9.17) is 10.8 Å². The number of nitrogens with zero attached hydrogens (tertiary/aromatic N) is 1. The number of hydrogen-bond acceptors (Lipinski definition) is 3. The van der Waals surface area contributed by atoms with Crippen molar-refractivity contribution in [3.8, 4) is 0 Å². The minimum absolute atomic E-state index is 0.0584. The summed E-state index contributed by atoms with van der Waals surface area (Å²) >= 11 is 0. The first-order chi connectivity index (χ1) is 8.73. The first-order valence-electron chi connectivity index (χ1n) is 7.35. The van der Waals surface area contributed by atoms with Gasteiger partial charge in [-0.2, -0.15) is 0 Å². The molecule has 0 heterocycles. The van der Waals surface area contributed by atoms with E-state index in [0.717, 1.165) is 38.5 Å². The van der Waals surface area contributed by atoms with Crippen molar-refractivity contribution in [2.24, 2.45) is 11.1 Å². The Morgan fingerprint density at radius 2 is 1.83 bits per heavy atom. The van der Waals surface area contributed by atoms with Crippen LogP contribution in [0.1, 0.15) is 51.4 Å². The maximum Gasteiger partial charge on any atom is 0.230 e. The lowest BCUT2D eigenvalue weighted by Gasteiger charge is -2.36. The van der Waals surface area contributed by atoms with Crippen LogP contribution in [-0.4, -0.2) is 41.7 Å². The number of aliphatic hydroxyl groups excluding tert-OH is 1. The van der Waals surface area contributed by atoms with Gasteiger partial charge in [-0.1, -0.05) is 25.7 Å². The number of amides is 1. The predicted molar refractivity (Wildman–Crippen MR) is 71.0 cm³/mol. The normalized spacial score (nSPS) is 23.4. The number of carbonyl (C=O) groups is 1. The first kappa shape index (κ1) is 13.8. The average Bonchev–Trinajstić information content (AvgIpc) is 3.21. The third kappa shape index (κ3) is 2.86. The van der Waals surface area contributed by atoms with Crippen molar-refractivity contribution in [1.29, 1.82) is 0 Å². The second kappa shape index (κ2) is 6.02. The topological polar surface area (TPSA) is 66.6 Å². The lowest BCUT2D eigenvalue weighted by molar-refractivity contribution is -0.143. The zero-order valence-electron chi connectivity index (χ0n) is 11.2. The number of rotatable bonds is 5. The monoisotopic (exact) mass is 254 g/mol. The van der Waals surface area contributed by atoms with Crippen LogP contribution in [0.3, 0.4) is 0 Å². The fraction of sp³-hybridized carbons (Fsp3) is 0.929. The number of carbonyl (C=O) groups excluding carboxylic acids is 1. The number of aliphatic hydroxyl groups is 1. The zero-order chi connectivity index (χ0) is 13.0. The second-order valence-corrected chi connectivity index (χ2v) is 5.85. The van der Waals surface area contributed by atoms with Crippen molar-refractivity contribution in [3.05, 3.63) is 0 Å². The van der Waals surface area contributed by atoms with E-state index in [2.05, 4.69) is 0 Å². The molecule has 4 nitrogen and oxygen atoms in total. The first-order valence-corrected chi connectivity index (χ1v) is 7.35. The molecule has 0 radical (unpaired) electrons. The fourth-order valence-corrected chi connectivity index (χ4v) is 3.16. The molecule has 0 spiro atoms. The molecule has 0 unspecified atom stereocenters. The number of hydrogen-bond donors (Lipinski definition) is 2. The van der Waals surface area contributed by atoms with Gasteiger partial charge in [0.15, 0.2) is 0 Å². The molecule has 4 heteroatoms. The Morgan fingerprint density at radius 1 is 1.22 bits per heavy atom. The fourth-order valence-electron chi connectivity index (χ4n) is 3.16. The lowest BCUT2D eigenvalue weighted by Crippen LogP contribution is -2.49. The van der Waals surface area contributed by atoms with Gasteiger partial charge < -0.3 is 15.7 Å². The van der Waals surface area contributed by atoms with Gasteiger partial charge in [-0.15, -0.1) is 0 Å². The highest BCUT2D eigenvalue weighted by Crippen LogP contribution is 2.38. The highest BCUT2D eigenvalue weighted by atomic mass is 16.3. The highest BCUT2D eigenvalue weighted by Gasteiger charge is 2.43. The summed E-state index contributed by atoms with van der Waals surface area (Å²) in [6, 6.07) is 0.372. The summed E-state index contributed by atoms with van der Waals surface area (Å²) in [5.41, 5.74) is 5.61. The Balaban J connectivity index is 2.10. The second-order valence-electron chi connectivity index (χ2n) is 5.85. The van der Waals surface area contributed by atoms with Crippen LogP contribution in [0.4, 0.5) is 0 Å². The van der Waals surface area contributed by atoms with Gasteiger partial charge in [-0.3, -0.25) is 4.79 Å². The molecule has 0 aromatic heterocycles. The van der Waals surface area contributed by atoms with Crippen molar-refractivity contribution >= 4 is 5.91 Å². The molecular formula is C14H26N2O2. The predicted octanol–water partition coefficient (Wildman–Crippen LogP) is 1.27. The van der Waals surface area contributed by atoms with Crippen LogP contribution in [0.15, 0.2) is 0 Å². The Morgan fingerprint density at radius 3 is 2.28 bits per heavy atom. The van der Waals surface area contributed by atoms with Gasteiger partial charge in [0, 0.05) is 19.1 Å². The smallest absolute Gasteiger partial charge is 0.230 e. The molecule has 0 aliphatic heterocycles. The van der Waals surface area contributed by atoms with E-state index in [1.807, 2.05) is 4.90 Å². The Kier molecular flexibility index (Phi) is 4.62. The Labute approximate surface area is 110 Å². The van der Waals surface area contributed by atoms with Crippen LogP contribution in [0.5, 0.6) is 0 Å². The van der Waals surface area contributed by atoms with Crippen molar-refractivity contribution < 1.29 is 9.90 Å². The summed E-state index contributed by atoms with van der Waals surface area (Å²) in [5, 5.41) is 9.15. The number of nitrogens with two attached hydrogens (primary N) is 1. The maximum absolute atomic E-state index is 12.8. The molecule has 18 heavy (non-hydrogen) atoms. The van der Waals surface area contributed by atoms with Gasteiger partial charge in [0.1, 0.15) is 0 Å². The van der Waals surface area contributed by atoms with Crippen LogP contribution in [0, 0.1) is 5.41 Å². The molecule has 0 saturated heterocycles. The minimum Gasteiger partial charge on any atom is -0.395 e. The molecule has 0 bridgehead atoms. The molecule has 3 N–H and O–H groups in total. The van der Waals surface area contributed by atoms with Gasteiger partial charge >= 0.3 is 0 Å². The molecule has 2 rings (SSSR count). The lowest BCUT2D eigenvalue weighted by atomic mass is 9.79. The van der Waals surface area contributed by atoms with E-state index in [1.54, 1.807) is 0 Å². The molecule has 2 saturated carbocycles.